The van der Waals surface area contributed by atoms with Crippen LogP contribution in [0, 0.1) is 5.92 Å². The van der Waals surface area contributed by atoms with Crippen LogP contribution in [0.25, 0.3) is 0 Å². The quantitative estimate of drug-likeness (QED) is 0.909. The predicted octanol–water partition coefficient (Wildman–Crippen LogP) is 3.53. The molecule has 1 aromatic heterocycles. The summed E-state index contributed by atoms with van der Waals surface area (Å²) in [5.41, 5.74) is 4.17. The van der Waals surface area contributed by atoms with E-state index < -0.39 is 0 Å². The molecule has 21 heavy (non-hydrogen) atoms. The van der Waals surface area contributed by atoms with Crippen LogP contribution < -0.4 is 5.32 Å². The first-order chi connectivity index (χ1) is 10.2. The average Bonchev–Trinajstić information content (AvgIpc) is 3.10. The minimum atomic E-state index is 0.454. The highest BCUT2D eigenvalue weighted by Crippen LogP contribution is 2.37. The molecule has 1 aliphatic rings. The largest absolute Gasteiger partial charge is 0.313 e. The molecule has 0 radical (unpaired) electrons. The topological polar surface area (TPSA) is 29.9 Å². The number of rotatable bonds is 5. The molecule has 0 saturated carbocycles. The average molecular weight is 283 g/mol. The number of hydrogen-bond donors (Lipinski definition) is 1. The van der Waals surface area contributed by atoms with Gasteiger partial charge in [-0.25, -0.2) is 0 Å². The van der Waals surface area contributed by atoms with Crippen molar-refractivity contribution >= 4 is 0 Å². The maximum Gasteiger partial charge on any atom is 0.0628 e. The molecule has 112 valence electrons. The van der Waals surface area contributed by atoms with Crippen molar-refractivity contribution in [3.63, 3.8) is 0 Å². The lowest BCUT2D eigenvalue weighted by molar-refractivity contribution is 0.401. The Hall–Kier alpha value is -1.61. The molecule has 2 aromatic rings. The molecule has 1 heterocycles. The summed E-state index contributed by atoms with van der Waals surface area (Å²) in [6.45, 7) is 4.43. The van der Waals surface area contributed by atoms with E-state index in [1.165, 1.54) is 16.8 Å². The van der Waals surface area contributed by atoms with Gasteiger partial charge in [-0.15, -0.1) is 0 Å². The zero-order valence-electron chi connectivity index (χ0n) is 13.2. The Balaban J connectivity index is 1.75. The SMILES string of the molecule is CCC(C)n1ccc(CC2Cc3ccccc3C2NC)n1. The van der Waals surface area contributed by atoms with E-state index in [0.717, 1.165) is 19.3 Å². The summed E-state index contributed by atoms with van der Waals surface area (Å²) >= 11 is 0. The molecule has 0 bridgehead atoms. The van der Waals surface area contributed by atoms with Gasteiger partial charge in [0.05, 0.1) is 5.69 Å². The molecule has 1 aliphatic carbocycles. The monoisotopic (exact) mass is 283 g/mol. The molecule has 1 aromatic carbocycles. The summed E-state index contributed by atoms with van der Waals surface area (Å²) in [4.78, 5) is 0. The van der Waals surface area contributed by atoms with Crippen molar-refractivity contribution in [2.75, 3.05) is 7.05 Å². The summed E-state index contributed by atoms with van der Waals surface area (Å²) in [6.07, 6.45) is 5.44. The third-order valence-corrected chi connectivity index (χ3v) is 4.83. The van der Waals surface area contributed by atoms with Crippen LogP contribution in [-0.4, -0.2) is 16.8 Å². The van der Waals surface area contributed by atoms with Gasteiger partial charge in [0.15, 0.2) is 0 Å². The van der Waals surface area contributed by atoms with Gasteiger partial charge in [-0.2, -0.15) is 5.10 Å². The molecule has 3 rings (SSSR count). The van der Waals surface area contributed by atoms with Crippen molar-refractivity contribution < 1.29 is 0 Å². The number of benzene rings is 1. The van der Waals surface area contributed by atoms with E-state index in [0.29, 0.717) is 18.0 Å². The minimum Gasteiger partial charge on any atom is -0.313 e. The molecule has 3 atom stereocenters. The maximum atomic E-state index is 4.76. The highest BCUT2D eigenvalue weighted by atomic mass is 15.3. The maximum absolute atomic E-state index is 4.76. The third-order valence-electron chi connectivity index (χ3n) is 4.83. The van der Waals surface area contributed by atoms with Crippen LogP contribution in [0.4, 0.5) is 0 Å². The normalized spacial score (nSPS) is 22.2. The van der Waals surface area contributed by atoms with Crippen molar-refractivity contribution in [1.29, 1.82) is 0 Å². The Bertz CT molecular complexity index is 602. The Morgan fingerprint density at radius 1 is 1.33 bits per heavy atom. The molecule has 0 amide bonds. The summed E-state index contributed by atoms with van der Waals surface area (Å²) in [5, 5.41) is 8.26. The van der Waals surface area contributed by atoms with Crippen LogP contribution in [-0.2, 0) is 12.8 Å². The standard InChI is InChI=1S/C18H25N3/c1-4-13(2)21-10-9-16(20-21)12-15-11-14-7-5-6-8-17(14)18(15)19-3/h5-10,13,15,18-19H,4,11-12H2,1-3H3. The fraction of sp³-hybridized carbons (Fsp3) is 0.500. The Labute approximate surface area is 127 Å². The lowest BCUT2D eigenvalue weighted by Crippen LogP contribution is -2.23. The Morgan fingerprint density at radius 2 is 2.14 bits per heavy atom. The van der Waals surface area contributed by atoms with Gasteiger partial charge in [0.2, 0.25) is 0 Å². The van der Waals surface area contributed by atoms with E-state index in [2.05, 4.69) is 67.4 Å². The van der Waals surface area contributed by atoms with Gasteiger partial charge in [0.25, 0.3) is 0 Å². The van der Waals surface area contributed by atoms with Crippen LogP contribution in [0.1, 0.15) is 49.2 Å². The predicted molar refractivity (Wildman–Crippen MR) is 86.4 cm³/mol. The fourth-order valence-corrected chi connectivity index (χ4v) is 3.45. The summed E-state index contributed by atoms with van der Waals surface area (Å²) in [6, 6.07) is 11.9. The summed E-state index contributed by atoms with van der Waals surface area (Å²) in [5.74, 6) is 0.604. The molecular weight excluding hydrogens is 258 g/mol. The van der Waals surface area contributed by atoms with E-state index in [-0.39, 0.29) is 0 Å². The van der Waals surface area contributed by atoms with Crippen LogP contribution in [0.2, 0.25) is 0 Å². The van der Waals surface area contributed by atoms with Crippen molar-refractivity contribution in [3.05, 3.63) is 53.3 Å². The molecule has 3 unspecified atom stereocenters. The summed E-state index contributed by atoms with van der Waals surface area (Å²) < 4.78 is 2.10. The smallest absolute Gasteiger partial charge is 0.0628 e. The number of hydrogen-bond acceptors (Lipinski definition) is 2. The molecule has 0 saturated heterocycles. The Morgan fingerprint density at radius 3 is 2.90 bits per heavy atom. The van der Waals surface area contributed by atoms with E-state index in [4.69, 9.17) is 5.10 Å². The first-order valence-electron chi connectivity index (χ1n) is 8.02. The first-order valence-corrected chi connectivity index (χ1v) is 8.02. The lowest BCUT2D eigenvalue weighted by atomic mass is 9.95. The molecule has 0 spiro atoms. The lowest BCUT2D eigenvalue weighted by Gasteiger charge is -2.19. The van der Waals surface area contributed by atoms with Gasteiger partial charge >= 0.3 is 0 Å². The molecular formula is C18H25N3. The number of nitrogens with zero attached hydrogens (tertiary/aromatic N) is 2. The second-order valence-electron chi connectivity index (χ2n) is 6.18. The highest BCUT2D eigenvalue weighted by molar-refractivity contribution is 5.36. The second-order valence-corrected chi connectivity index (χ2v) is 6.18. The van der Waals surface area contributed by atoms with Crippen LogP contribution in [0.15, 0.2) is 36.5 Å². The number of fused-ring (bicyclic) bond motifs is 1. The second kappa shape index (κ2) is 6.02. The van der Waals surface area contributed by atoms with Crippen LogP contribution >= 0.6 is 0 Å². The van der Waals surface area contributed by atoms with E-state index in [1.54, 1.807) is 0 Å². The van der Waals surface area contributed by atoms with Crippen molar-refractivity contribution in [1.82, 2.24) is 15.1 Å². The summed E-state index contributed by atoms with van der Waals surface area (Å²) in [7, 11) is 2.07. The Kier molecular flexibility index (Phi) is 4.11. The van der Waals surface area contributed by atoms with Gasteiger partial charge in [0.1, 0.15) is 0 Å². The van der Waals surface area contributed by atoms with E-state index in [9.17, 15) is 0 Å². The third kappa shape index (κ3) is 2.75. The van der Waals surface area contributed by atoms with Crippen molar-refractivity contribution in [2.45, 2.75) is 45.2 Å². The fourth-order valence-electron chi connectivity index (χ4n) is 3.45. The van der Waals surface area contributed by atoms with Crippen molar-refractivity contribution in [2.24, 2.45) is 5.92 Å². The number of aromatic nitrogens is 2. The van der Waals surface area contributed by atoms with Gasteiger partial charge in [-0.1, -0.05) is 31.2 Å². The molecule has 0 fully saturated rings. The zero-order valence-corrected chi connectivity index (χ0v) is 13.2. The van der Waals surface area contributed by atoms with Gasteiger partial charge in [-0.05, 0) is 56.3 Å². The molecule has 0 aliphatic heterocycles. The zero-order chi connectivity index (χ0) is 14.8. The first kappa shape index (κ1) is 14.3. The molecule has 1 N–H and O–H groups in total. The van der Waals surface area contributed by atoms with E-state index >= 15 is 0 Å². The van der Waals surface area contributed by atoms with E-state index in [1.807, 2.05) is 0 Å². The molecule has 3 heteroatoms. The van der Waals surface area contributed by atoms with Crippen LogP contribution in [0.3, 0.4) is 0 Å². The highest BCUT2D eigenvalue weighted by Gasteiger charge is 2.31. The van der Waals surface area contributed by atoms with Gasteiger partial charge in [0, 0.05) is 18.3 Å². The van der Waals surface area contributed by atoms with Gasteiger partial charge < -0.3 is 5.32 Å². The minimum absolute atomic E-state index is 0.454. The van der Waals surface area contributed by atoms with Crippen molar-refractivity contribution in [3.8, 4) is 0 Å². The van der Waals surface area contributed by atoms with Crippen LogP contribution in [0.5, 0.6) is 0 Å². The number of nitrogens with one attached hydrogen (secondary N) is 1. The van der Waals surface area contributed by atoms with Gasteiger partial charge in [-0.3, -0.25) is 4.68 Å². The molecule has 3 nitrogen and oxygen atoms in total.